The number of halogens is 1. The number of aliphatic hydroxyl groups excluding tert-OH is 1. The van der Waals surface area contributed by atoms with E-state index in [1.54, 1.807) is 13.0 Å². The minimum absolute atomic E-state index is 0.345. The van der Waals surface area contributed by atoms with Gasteiger partial charge in [-0.05, 0) is 44.5 Å². The zero-order valence-electron chi connectivity index (χ0n) is 12.1. The maximum Gasteiger partial charge on any atom is 0.131 e. The van der Waals surface area contributed by atoms with Crippen molar-refractivity contribution >= 4 is 11.4 Å². The molecule has 0 aromatic heterocycles. The first kappa shape index (κ1) is 14.5. The molecule has 2 nitrogen and oxygen atoms in total. The van der Waals surface area contributed by atoms with Gasteiger partial charge in [0.05, 0.1) is 6.10 Å². The van der Waals surface area contributed by atoms with Crippen molar-refractivity contribution in [3.05, 3.63) is 59.4 Å². The van der Waals surface area contributed by atoms with Gasteiger partial charge >= 0.3 is 0 Å². The third-order valence-corrected chi connectivity index (χ3v) is 3.46. The minimum Gasteiger partial charge on any atom is -0.389 e. The van der Waals surface area contributed by atoms with Crippen LogP contribution in [-0.4, -0.2) is 11.7 Å². The van der Waals surface area contributed by atoms with E-state index in [2.05, 4.69) is 0 Å². The Kier molecular flexibility index (Phi) is 4.40. The number of para-hydroxylation sites is 1. The summed E-state index contributed by atoms with van der Waals surface area (Å²) in [6.07, 6.45) is -0.843. The molecule has 0 radical (unpaired) electrons. The van der Waals surface area contributed by atoms with Crippen molar-refractivity contribution in [1.29, 1.82) is 0 Å². The van der Waals surface area contributed by atoms with Crippen LogP contribution in [0, 0.1) is 12.7 Å². The first-order chi connectivity index (χ1) is 9.56. The summed E-state index contributed by atoms with van der Waals surface area (Å²) in [5.74, 6) is -0.371. The highest BCUT2D eigenvalue weighted by Gasteiger charge is 2.19. The molecule has 0 aliphatic heterocycles. The number of hydrogen-bond donors (Lipinski definition) is 1. The van der Waals surface area contributed by atoms with Crippen LogP contribution in [0.1, 0.15) is 31.1 Å². The zero-order chi connectivity index (χ0) is 14.7. The maximum atomic E-state index is 14.0. The largest absolute Gasteiger partial charge is 0.389 e. The molecular formula is C17H20FNO. The van der Waals surface area contributed by atoms with E-state index in [0.717, 1.165) is 16.9 Å². The van der Waals surface area contributed by atoms with Gasteiger partial charge in [0.2, 0.25) is 0 Å². The van der Waals surface area contributed by atoms with Crippen molar-refractivity contribution in [2.24, 2.45) is 0 Å². The Labute approximate surface area is 119 Å². The molecule has 106 valence electrons. The number of aliphatic hydroxyl groups is 1. The average Bonchev–Trinajstić information content (AvgIpc) is 2.41. The molecule has 1 atom stereocenters. The molecule has 0 heterocycles. The normalized spacial score (nSPS) is 12.2. The summed E-state index contributed by atoms with van der Waals surface area (Å²) >= 11 is 0. The maximum absolute atomic E-state index is 14.0. The summed E-state index contributed by atoms with van der Waals surface area (Å²) in [5, 5.41) is 9.88. The molecule has 1 N–H and O–H groups in total. The Balaban J connectivity index is 2.59. The van der Waals surface area contributed by atoms with Crippen LogP contribution < -0.4 is 4.90 Å². The number of nitrogens with zero attached hydrogens (tertiary/aromatic N) is 1. The molecule has 0 amide bonds. The second-order valence-corrected chi connectivity index (χ2v) is 4.88. The van der Waals surface area contributed by atoms with Crippen molar-refractivity contribution < 1.29 is 9.50 Å². The molecule has 0 saturated heterocycles. The molecule has 2 aromatic carbocycles. The molecule has 0 saturated carbocycles. The predicted molar refractivity (Wildman–Crippen MR) is 80.9 cm³/mol. The molecule has 2 rings (SSSR count). The lowest BCUT2D eigenvalue weighted by molar-refractivity contribution is 0.194. The van der Waals surface area contributed by atoms with E-state index in [1.165, 1.54) is 6.07 Å². The Morgan fingerprint density at radius 1 is 1.10 bits per heavy atom. The Morgan fingerprint density at radius 3 is 2.35 bits per heavy atom. The van der Waals surface area contributed by atoms with E-state index in [9.17, 15) is 9.50 Å². The Bertz CT molecular complexity index is 595. The fourth-order valence-electron chi connectivity index (χ4n) is 2.51. The fraction of sp³-hybridized carbons (Fsp3) is 0.294. The highest BCUT2D eigenvalue weighted by atomic mass is 19.1. The van der Waals surface area contributed by atoms with Crippen LogP contribution in [0.25, 0.3) is 0 Å². The third-order valence-electron chi connectivity index (χ3n) is 3.46. The van der Waals surface area contributed by atoms with E-state index >= 15 is 0 Å². The second kappa shape index (κ2) is 6.06. The molecule has 0 fully saturated rings. The number of rotatable bonds is 4. The Morgan fingerprint density at radius 2 is 1.75 bits per heavy atom. The highest BCUT2D eigenvalue weighted by molar-refractivity contribution is 5.69. The number of hydrogen-bond acceptors (Lipinski definition) is 2. The standard InChI is InChI=1S/C17H20FNO/c1-4-19(15-10-6-5-8-12(15)2)16-11-7-9-14(18)17(16)13(3)20/h5-11,13,20H,4H2,1-3H3/t13-/m1/s1. The van der Waals surface area contributed by atoms with Gasteiger partial charge in [0.15, 0.2) is 0 Å². The molecule has 0 aliphatic carbocycles. The monoisotopic (exact) mass is 273 g/mol. The van der Waals surface area contributed by atoms with Crippen LogP contribution >= 0.6 is 0 Å². The van der Waals surface area contributed by atoms with E-state index in [4.69, 9.17) is 0 Å². The summed E-state index contributed by atoms with van der Waals surface area (Å²) in [5.41, 5.74) is 3.21. The van der Waals surface area contributed by atoms with Crippen molar-refractivity contribution in [3.8, 4) is 0 Å². The van der Waals surface area contributed by atoms with Gasteiger partial charge in [0.1, 0.15) is 5.82 Å². The molecule has 0 unspecified atom stereocenters. The van der Waals surface area contributed by atoms with E-state index in [0.29, 0.717) is 12.1 Å². The summed E-state index contributed by atoms with van der Waals surface area (Å²) in [6.45, 7) is 6.34. The average molecular weight is 273 g/mol. The van der Waals surface area contributed by atoms with Gasteiger partial charge in [0, 0.05) is 23.5 Å². The zero-order valence-corrected chi connectivity index (χ0v) is 12.1. The topological polar surface area (TPSA) is 23.5 Å². The first-order valence-corrected chi connectivity index (χ1v) is 6.86. The Hall–Kier alpha value is -1.87. The first-order valence-electron chi connectivity index (χ1n) is 6.86. The van der Waals surface area contributed by atoms with E-state index in [1.807, 2.05) is 49.1 Å². The quantitative estimate of drug-likeness (QED) is 0.895. The smallest absolute Gasteiger partial charge is 0.131 e. The lowest BCUT2D eigenvalue weighted by Gasteiger charge is -2.28. The van der Waals surface area contributed by atoms with Crippen molar-refractivity contribution in [2.45, 2.75) is 26.9 Å². The van der Waals surface area contributed by atoms with Gasteiger partial charge in [-0.2, -0.15) is 0 Å². The van der Waals surface area contributed by atoms with Crippen molar-refractivity contribution in [3.63, 3.8) is 0 Å². The van der Waals surface area contributed by atoms with Gasteiger partial charge in [-0.3, -0.25) is 0 Å². The minimum atomic E-state index is -0.843. The van der Waals surface area contributed by atoms with Crippen LogP contribution in [0.4, 0.5) is 15.8 Å². The highest BCUT2D eigenvalue weighted by Crippen LogP contribution is 2.34. The molecule has 2 aromatic rings. The van der Waals surface area contributed by atoms with Crippen molar-refractivity contribution in [1.82, 2.24) is 0 Å². The number of aryl methyl sites for hydroxylation is 1. The number of anilines is 2. The fourth-order valence-corrected chi connectivity index (χ4v) is 2.51. The van der Waals surface area contributed by atoms with E-state index in [-0.39, 0.29) is 5.82 Å². The van der Waals surface area contributed by atoms with Gasteiger partial charge in [-0.25, -0.2) is 4.39 Å². The predicted octanol–water partition coefficient (Wildman–Crippen LogP) is 4.35. The van der Waals surface area contributed by atoms with E-state index < -0.39 is 6.10 Å². The van der Waals surface area contributed by atoms with Crippen molar-refractivity contribution in [2.75, 3.05) is 11.4 Å². The van der Waals surface area contributed by atoms with Gasteiger partial charge < -0.3 is 10.0 Å². The van der Waals surface area contributed by atoms with Gasteiger partial charge in [0.25, 0.3) is 0 Å². The van der Waals surface area contributed by atoms with Crippen LogP contribution in [0.2, 0.25) is 0 Å². The molecule has 0 bridgehead atoms. The summed E-state index contributed by atoms with van der Waals surface area (Å²) in [4.78, 5) is 2.03. The van der Waals surface area contributed by atoms with Crippen LogP contribution in [0.3, 0.4) is 0 Å². The van der Waals surface area contributed by atoms with Gasteiger partial charge in [-0.1, -0.05) is 24.3 Å². The lowest BCUT2D eigenvalue weighted by Crippen LogP contribution is -2.20. The molecular weight excluding hydrogens is 253 g/mol. The lowest BCUT2D eigenvalue weighted by atomic mass is 10.0. The summed E-state index contributed by atoms with van der Waals surface area (Å²) in [6, 6.07) is 12.9. The summed E-state index contributed by atoms with van der Waals surface area (Å²) < 4.78 is 14.0. The summed E-state index contributed by atoms with van der Waals surface area (Å²) in [7, 11) is 0. The number of benzene rings is 2. The van der Waals surface area contributed by atoms with Crippen LogP contribution in [0.5, 0.6) is 0 Å². The SMILES string of the molecule is CCN(c1ccccc1C)c1cccc(F)c1[C@@H](C)O. The molecule has 0 spiro atoms. The molecule has 0 aliphatic rings. The second-order valence-electron chi connectivity index (χ2n) is 4.88. The molecule has 3 heteroatoms. The van der Waals surface area contributed by atoms with Gasteiger partial charge in [-0.15, -0.1) is 0 Å². The van der Waals surface area contributed by atoms with Crippen LogP contribution in [0.15, 0.2) is 42.5 Å². The van der Waals surface area contributed by atoms with Crippen LogP contribution in [-0.2, 0) is 0 Å². The molecule has 20 heavy (non-hydrogen) atoms. The third kappa shape index (κ3) is 2.68.